The maximum absolute atomic E-state index is 13.4. The second-order valence-corrected chi connectivity index (χ2v) is 9.41. The van der Waals surface area contributed by atoms with Gasteiger partial charge < -0.3 is 0 Å². The molecule has 0 amide bonds. The molecule has 144 valence electrons. The van der Waals surface area contributed by atoms with Gasteiger partial charge in [-0.3, -0.25) is 4.79 Å². The fraction of sp³-hybridized carbons (Fsp3) is 0.458. The quantitative estimate of drug-likeness (QED) is 0.323. The van der Waals surface area contributed by atoms with Gasteiger partial charge in [-0.1, -0.05) is 96.4 Å². The zero-order chi connectivity index (χ0) is 19.4. The fourth-order valence-electron chi connectivity index (χ4n) is 4.54. The first-order chi connectivity index (χ1) is 13.0. The summed E-state index contributed by atoms with van der Waals surface area (Å²) in [6, 6.07) is 12.8. The van der Waals surface area contributed by atoms with Crippen LogP contribution in [0.1, 0.15) is 76.3 Å². The Labute approximate surface area is 180 Å². The van der Waals surface area contributed by atoms with E-state index in [4.69, 9.17) is 0 Å². The minimum atomic E-state index is -0.502. The zero-order valence-electron chi connectivity index (χ0n) is 16.3. The lowest BCUT2D eigenvalue weighted by Gasteiger charge is -2.31. The number of carbonyl (C=O) groups excluding carboxylic acids is 1. The Bertz CT molecular complexity index is 774. The standard InChI is InChI=1S/C24H28Br2O/c1-3-5-6-7-8-9-14-24(23(27)4-2)21-15-17(25)10-12-19(21)20-13-11-18(26)16-22(20)24/h10-13,15-16H,3-9,14H2,1-2H3. The van der Waals surface area contributed by atoms with Gasteiger partial charge in [0.2, 0.25) is 0 Å². The van der Waals surface area contributed by atoms with Gasteiger partial charge in [-0.2, -0.15) is 0 Å². The molecule has 1 aliphatic rings. The largest absolute Gasteiger partial charge is 0.298 e. The van der Waals surface area contributed by atoms with Gasteiger partial charge in [0.1, 0.15) is 5.78 Å². The van der Waals surface area contributed by atoms with E-state index < -0.39 is 5.41 Å². The number of unbranched alkanes of at least 4 members (excludes halogenated alkanes) is 5. The molecule has 0 heterocycles. The van der Waals surface area contributed by atoms with E-state index in [1.807, 2.05) is 6.92 Å². The second-order valence-electron chi connectivity index (χ2n) is 7.58. The Balaban J connectivity index is 2.02. The van der Waals surface area contributed by atoms with E-state index in [1.165, 1.54) is 54.4 Å². The summed E-state index contributed by atoms with van der Waals surface area (Å²) in [4.78, 5) is 13.4. The third kappa shape index (κ3) is 3.96. The summed E-state index contributed by atoms with van der Waals surface area (Å²) in [5, 5.41) is 0. The van der Waals surface area contributed by atoms with E-state index in [0.717, 1.165) is 21.8 Å². The number of benzene rings is 2. The van der Waals surface area contributed by atoms with Crippen LogP contribution in [0.2, 0.25) is 0 Å². The summed E-state index contributed by atoms with van der Waals surface area (Å²) in [5.41, 5.74) is 4.30. The number of carbonyl (C=O) groups is 1. The van der Waals surface area contributed by atoms with Crippen molar-refractivity contribution in [1.82, 2.24) is 0 Å². The van der Waals surface area contributed by atoms with Gasteiger partial charge in [-0.25, -0.2) is 0 Å². The molecule has 1 nitrogen and oxygen atoms in total. The first-order valence-corrected chi connectivity index (χ1v) is 11.8. The molecule has 3 heteroatoms. The van der Waals surface area contributed by atoms with Gasteiger partial charge in [0, 0.05) is 15.4 Å². The summed E-state index contributed by atoms with van der Waals surface area (Å²) < 4.78 is 2.09. The Hall–Kier alpha value is -0.930. The molecule has 0 saturated heterocycles. The lowest BCUT2D eigenvalue weighted by atomic mass is 9.70. The predicted molar refractivity (Wildman–Crippen MR) is 121 cm³/mol. The molecule has 0 bridgehead atoms. The highest BCUT2D eigenvalue weighted by Crippen LogP contribution is 2.53. The van der Waals surface area contributed by atoms with Crippen LogP contribution < -0.4 is 0 Å². The van der Waals surface area contributed by atoms with Gasteiger partial charge in [-0.15, -0.1) is 0 Å². The summed E-state index contributed by atoms with van der Waals surface area (Å²) in [5.74, 6) is 0.340. The van der Waals surface area contributed by atoms with Crippen molar-refractivity contribution in [2.24, 2.45) is 0 Å². The molecular formula is C24H28Br2O. The Morgan fingerprint density at radius 2 is 1.33 bits per heavy atom. The molecule has 2 aromatic rings. The van der Waals surface area contributed by atoms with E-state index in [9.17, 15) is 4.79 Å². The van der Waals surface area contributed by atoms with Crippen molar-refractivity contribution in [3.8, 4) is 11.1 Å². The molecular weight excluding hydrogens is 464 g/mol. The van der Waals surface area contributed by atoms with Crippen molar-refractivity contribution in [2.75, 3.05) is 0 Å². The molecule has 0 saturated carbocycles. The zero-order valence-corrected chi connectivity index (χ0v) is 19.5. The van der Waals surface area contributed by atoms with Gasteiger partial charge in [-0.05, 0) is 52.9 Å². The van der Waals surface area contributed by atoms with Crippen molar-refractivity contribution >= 4 is 37.6 Å². The van der Waals surface area contributed by atoms with Crippen molar-refractivity contribution in [2.45, 2.75) is 70.6 Å². The monoisotopic (exact) mass is 490 g/mol. The van der Waals surface area contributed by atoms with E-state index >= 15 is 0 Å². The maximum Gasteiger partial charge on any atom is 0.147 e. The smallest absolute Gasteiger partial charge is 0.147 e. The van der Waals surface area contributed by atoms with Crippen LogP contribution in [0.5, 0.6) is 0 Å². The van der Waals surface area contributed by atoms with Crippen LogP contribution >= 0.6 is 31.9 Å². The number of fused-ring (bicyclic) bond motifs is 3. The SMILES string of the molecule is CCCCCCCCC1(C(=O)CC)c2cc(Br)ccc2-c2ccc(Br)cc21. The average Bonchev–Trinajstić information content (AvgIpc) is 2.93. The minimum Gasteiger partial charge on any atom is -0.298 e. The Morgan fingerprint density at radius 3 is 1.85 bits per heavy atom. The van der Waals surface area contributed by atoms with Crippen molar-refractivity contribution in [3.63, 3.8) is 0 Å². The summed E-state index contributed by atoms with van der Waals surface area (Å²) in [7, 11) is 0. The van der Waals surface area contributed by atoms with E-state index in [1.54, 1.807) is 0 Å². The number of hydrogen-bond donors (Lipinski definition) is 0. The van der Waals surface area contributed by atoms with Crippen molar-refractivity contribution in [1.29, 1.82) is 0 Å². The molecule has 0 atom stereocenters. The number of hydrogen-bond acceptors (Lipinski definition) is 1. The maximum atomic E-state index is 13.4. The number of Topliss-reactive ketones (excluding diaryl/α,β-unsaturated/α-hetero) is 1. The van der Waals surface area contributed by atoms with Crippen LogP contribution in [0.25, 0.3) is 11.1 Å². The van der Waals surface area contributed by atoms with Crippen molar-refractivity contribution in [3.05, 3.63) is 56.5 Å². The summed E-state index contributed by atoms with van der Waals surface area (Å²) in [6.45, 7) is 4.25. The molecule has 0 aliphatic heterocycles. The highest BCUT2D eigenvalue weighted by molar-refractivity contribution is 9.10. The highest BCUT2D eigenvalue weighted by atomic mass is 79.9. The van der Waals surface area contributed by atoms with Crippen LogP contribution in [0.15, 0.2) is 45.3 Å². The molecule has 0 aromatic heterocycles. The van der Waals surface area contributed by atoms with Gasteiger partial charge >= 0.3 is 0 Å². The predicted octanol–water partition coefficient (Wildman–Crippen LogP) is 8.21. The lowest BCUT2D eigenvalue weighted by Crippen LogP contribution is -2.35. The second kappa shape index (κ2) is 9.05. The normalized spacial score (nSPS) is 14.1. The number of ketones is 1. The first kappa shape index (κ1) is 20.8. The van der Waals surface area contributed by atoms with Crippen LogP contribution in [0.3, 0.4) is 0 Å². The summed E-state index contributed by atoms with van der Waals surface area (Å²) >= 11 is 7.27. The topological polar surface area (TPSA) is 17.1 Å². The van der Waals surface area contributed by atoms with Gasteiger partial charge in [0.15, 0.2) is 0 Å². The molecule has 1 aliphatic carbocycles. The van der Waals surface area contributed by atoms with Crippen LogP contribution in [0, 0.1) is 0 Å². The Morgan fingerprint density at radius 1 is 0.815 bits per heavy atom. The molecule has 27 heavy (non-hydrogen) atoms. The van der Waals surface area contributed by atoms with Crippen molar-refractivity contribution < 1.29 is 4.79 Å². The molecule has 3 rings (SSSR count). The summed E-state index contributed by atoms with van der Waals surface area (Å²) in [6.07, 6.45) is 8.90. The Kier molecular flexibility index (Phi) is 6.97. The van der Waals surface area contributed by atoms with Gasteiger partial charge in [0.05, 0.1) is 5.41 Å². The number of rotatable bonds is 9. The van der Waals surface area contributed by atoms with E-state index in [2.05, 4.69) is 75.2 Å². The lowest BCUT2D eigenvalue weighted by molar-refractivity contribution is -0.123. The van der Waals surface area contributed by atoms with E-state index in [-0.39, 0.29) is 0 Å². The molecule has 2 aromatic carbocycles. The van der Waals surface area contributed by atoms with Crippen LogP contribution in [0.4, 0.5) is 0 Å². The fourth-order valence-corrected chi connectivity index (χ4v) is 5.26. The third-order valence-corrected chi connectivity index (χ3v) is 6.86. The highest BCUT2D eigenvalue weighted by Gasteiger charge is 2.47. The van der Waals surface area contributed by atoms with Gasteiger partial charge in [0.25, 0.3) is 0 Å². The average molecular weight is 492 g/mol. The molecule has 0 radical (unpaired) electrons. The van der Waals surface area contributed by atoms with E-state index in [0.29, 0.717) is 12.2 Å². The minimum absolute atomic E-state index is 0.340. The molecule has 0 spiro atoms. The molecule has 0 unspecified atom stereocenters. The first-order valence-electron chi connectivity index (χ1n) is 10.2. The van der Waals surface area contributed by atoms with Crippen LogP contribution in [-0.2, 0) is 10.2 Å². The van der Waals surface area contributed by atoms with Crippen LogP contribution in [-0.4, -0.2) is 5.78 Å². The number of halogens is 2. The third-order valence-electron chi connectivity index (χ3n) is 5.88. The molecule has 0 fully saturated rings. The molecule has 0 N–H and O–H groups in total.